The maximum Gasteiger partial charge on any atom is 0.322 e. The minimum atomic E-state index is -1.24. The third kappa shape index (κ3) is 3.49. The standard InChI is InChI=1S/C17H12N4O6/c22-12-7-11(9-2-1-3-10(6-9)21(26)27)15-16(19-5-4-18-15)14(12)17(25)20-8-13(23)24/h1-7,22H,8H2,(H,20,25)(H,23,24). The number of fused-ring (bicyclic) bond motifs is 1. The van der Waals surface area contributed by atoms with Gasteiger partial charge in [-0.1, -0.05) is 12.1 Å². The van der Waals surface area contributed by atoms with E-state index in [2.05, 4.69) is 15.3 Å². The lowest BCUT2D eigenvalue weighted by Gasteiger charge is -2.12. The first kappa shape index (κ1) is 17.7. The topological polar surface area (TPSA) is 156 Å². The summed E-state index contributed by atoms with van der Waals surface area (Å²) in [4.78, 5) is 41.6. The van der Waals surface area contributed by atoms with Crippen LogP contribution in [0.25, 0.3) is 22.2 Å². The average molecular weight is 368 g/mol. The maximum absolute atomic E-state index is 12.3. The van der Waals surface area contributed by atoms with Crippen molar-refractivity contribution < 1.29 is 24.7 Å². The molecule has 0 saturated carbocycles. The summed E-state index contributed by atoms with van der Waals surface area (Å²) in [5.74, 6) is -2.52. The van der Waals surface area contributed by atoms with Crippen molar-refractivity contribution in [2.75, 3.05) is 6.54 Å². The van der Waals surface area contributed by atoms with Gasteiger partial charge in [0.15, 0.2) is 0 Å². The lowest BCUT2D eigenvalue weighted by atomic mass is 9.99. The SMILES string of the molecule is O=C(O)CNC(=O)c1c(O)cc(-c2cccc([N+](=O)[O-])c2)c2nccnc12. The number of nitrogens with zero attached hydrogens (tertiary/aromatic N) is 3. The van der Waals surface area contributed by atoms with Crippen molar-refractivity contribution in [1.29, 1.82) is 0 Å². The molecule has 136 valence electrons. The van der Waals surface area contributed by atoms with E-state index in [-0.39, 0.29) is 22.3 Å². The van der Waals surface area contributed by atoms with E-state index in [0.717, 1.165) is 0 Å². The molecule has 0 saturated heterocycles. The lowest BCUT2D eigenvalue weighted by molar-refractivity contribution is -0.384. The van der Waals surface area contributed by atoms with Crippen LogP contribution in [-0.2, 0) is 4.79 Å². The van der Waals surface area contributed by atoms with E-state index in [9.17, 15) is 24.8 Å². The molecule has 0 bridgehead atoms. The molecular weight excluding hydrogens is 356 g/mol. The Labute approximate surface area is 151 Å². The van der Waals surface area contributed by atoms with E-state index in [1.165, 1.54) is 36.7 Å². The van der Waals surface area contributed by atoms with E-state index in [1.54, 1.807) is 6.07 Å². The third-order valence-corrected chi connectivity index (χ3v) is 3.72. The summed E-state index contributed by atoms with van der Waals surface area (Å²) in [5.41, 5.74) is 0.649. The van der Waals surface area contributed by atoms with Crippen LogP contribution in [-0.4, -0.2) is 43.5 Å². The molecule has 1 amide bonds. The number of nitro groups is 1. The predicted molar refractivity (Wildman–Crippen MR) is 93.3 cm³/mol. The molecule has 0 aliphatic rings. The van der Waals surface area contributed by atoms with Crippen LogP contribution in [0.15, 0.2) is 42.7 Å². The highest BCUT2D eigenvalue weighted by molar-refractivity contribution is 6.11. The van der Waals surface area contributed by atoms with Gasteiger partial charge < -0.3 is 15.5 Å². The first-order valence-corrected chi connectivity index (χ1v) is 7.60. The fourth-order valence-corrected chi connectivity index (χ4v) is 2.59. The molecule has 10 heteroatoms. The monoisotopic (exact) mass is 368 g/mol. The van der Waals surface area contributed by atoms with E-state index in [4.69, 9.17) is 5.11 Å². The van der Waals surface area contributed by atoms with E-state index >= 15 is 0 Å². The second kappa shape index (κ2) is 7.04. The van der Waals surface area contributed by atoms with Crippen LogP contribution in [0.2, 0.25) is 0 Å². The number of carboxylic acid groups (broad SMARTS) is 1. The number of carbonyl (C=O) groups is 2. The maximum atomic E-state index is 12.3. The van der Waals surface area contributed by atoms with Gasteiger partial charge in [0.05, 0.1) is 10.4 Å². The second-order valence-electron chi connectivity index (χ2n) is 5.46. The van der Waals surface area contributed by atoms with Gasteiger partial charge in [0.25, 0.3) is 11.6 Å². The number of aromatic hydroxyl groups is 1. The summed E-state index contributed by atoms with van der Waals surface area (Å²) >= 11 is 0. The van der Waals surface area contributed by atoms with E-state index < -0.39 is 29.1 Å². The molecule has 0 radical (unpaired) electrons. The van der Waals surface area contributed by atoms with Crippen molar-refractivity contribution in [3.63, 3.8) is 0 Å². The largest absolute Gasteiger partial charge is 0.507 e. The van der Waals surface area contributed by atoms with Gasteiger partial charge in [-0.3, -0.25) is 29.7 Å². The molecular formula is C17H12N4O6. The number of carboxylic acids is 1. The number of benzene rings is 2. The molecule has 3 aromatic rings. The van der Waals surface area contributed by atoms with E-state index in [0.29, 0.717) is 11.1 Å². The van der Waals surface area contributed by atoms with Crippen molar-refractivity contribution in [3.8, 4) is 16.9 Å². The van der Waals surface area contributed by atoms with Crippen molar-refractivity contribution in [3.05, 3.63) is 58.4 Å². The van der Waals surface area contributed by atoms with Crippen molar-refractivity contribution in [2.24, 2.45) is 0 Å². The molecule has 0 aliphatic heterocycles. The van der Waals surface area contributed by atoms with Gasteiger partial charge in [-0.15, -0.1) is 0 Å². The number of aliphatic carboxylic acids is 1. The zero-order chi connectivity index (χ0) is 19.6. The number of phenols is 1. The average Bonchev–Trinajstić information content (AvgIpc) is 2.65. The van der Waals surface area contributed by atoms with Gasteiger partial charge >= 0.3 is 5.97 Å². The molecule has 1 aromatic heterocycles. The van der Waals surface area contributed by atoms with Crippen molar-refractivity contribution in [1.82, 2.24) is 15.3 Å². The Hall–Kier alpha value is -4.08. The normalized spacial score (nSPS) is 10.5. The summed E-state index contributed by atoms with van der Waals surface area (Å²) in [7, 11) is 0. The third-order valence-electron chi connectivity index (χ3n) is 3.72. The molecule has 0 spiro atoms. The molecule has 0 atom stereocenters. The van der Waals surface area contributed by atoms with Gasteiger partial charge in [-0.25, -0.2) is 0 Å². The number of phenolic OH excluding ortho intramolecular Hbond substituents is 1. The van der Waals surface area contributed by atoms with Crippen LogP contribution in [0.3, 0.4) is 0 Å². The van der Waals surface area contributed by atoms with Crippen LogP contribution in [0.5, 0.6) is 5.75 Å². The van der Waals surface area contributed by atoms with Gasteiger partial charge in [-0.2, -0.15) is 0 Å². The Morgan fingerprint density at radius 1 is 1.15 bits per heavy atom. The summed E-state index contributed by atoms with van der Waals surface area (Å²) in [6.07, 6.45) is 2.69. The molecule has 1 heterocycles. The van der Waals surface area contributed by atoms with Gasteiger partial charge in [0.2, 0.25) is 0 Å². The van der Waals surface area contributed by atoms with Crippen molar-refractivity contribution >= 4 is 28.6 Å². The van der Waals surface area contributed by atoms with Gasteiger partial charge in [-0.05, 0) is 11.6 Å². The Bertz CT molecular complexity index is 1080. The Kier molecular flexibility index (Phi) is 4.62. The molecule has 0 aliphatic carbocycles. The van der Waals surface area contributed by atoms with Crippen LogP contribution >= 0.6 is 0 Å². The number of hydrogen-bond donors (Lipinski definition) is 3. The first-order valence-electron chi connectivity index (χ1n) is 7.60. The lowest BCUT2D eigenvalue weighted by Crippen LogP contribution is -2.29. The highest BCUT2D eigenvalue weighted by atomic mass is 16.6. The Morgan fingerprint density at radius 3 is 2.52 bits per heavy atom. The number of rotatable bonds is 5. The van der Waals surface area contributed by atoms with Crippen LogP contribution in [0.4, 0.5) is 5.69 Å². The zero-order valence-corrected chi connectivity index (χ0v) is 13.6. The number of nitro benzene ring substituents is 1. The molecule has 0 unspecified atom stereocenters. The molecule has 3 N–H and O–H groups in total. The number of non-ortho nitro benzene ring substituents is 1. The molecule has 2 aromatic carbocycles. The molecule has 27 heavy (non-hydrogen) atoms. The van der Waals surface area contributed by atoms with Crippen molar-refractivity contribution in [2.45, 2.75) is 0 Å². The summed E-state index contributed by atoms with van der Waals surface area (Å²) in [6, 6.07) is 6.96. The zero-order valence-electron chi connectivity index (χ0n) is 13.6. The number of aromatic nitrogens is 2. The second-order valence-corrected chi connectivity index (χ2v) is 5.46. The molecule has 10 nitrogen and oxygen atoms in total. The number of nitrogens with one attached hydrogen (secondary N) is 1. The minimum Gasteiger partial charge on any atom is -0.507 e. The van der Waals surface area contributed by atoms with Crippen LogP contribution < -0.4 is 5.32 Å². The summed E-state index contributed by atoms with van der Waals surface area (Å²) in [6.45, 7) is -0.632. The summed E-state index contributed by atoms with van der Waals surface area (Å²) < 4.78 is 0. The molecule has 0 fully saturated rings. The smallest absolute Gasteiger partial charge is 0.322 e. The van der Waals surface area contributed by atoms with Crippen LogP contribution in [0, 0.1) is 10.1 Å². The van der Waals surface area contributed by atoms with Gasteiger partial charge in [0.1, 0.15) is 23.4 Å². The Balaban J connectivity index is 2.19. The number of hydrogen-bond acceptors (Lipinski definition) is 7. The summed E-state index contributed by atoms with van der Waals surface area (Å²) in [5, 5.41) is 32.2. The Morgan fingerprint density at radius 2 is 1.85 bits per heavy atom. The quantitative estimate of drug-likeness (QED) is 0.454. The minimum absolute atomic E-state index is 0.0434. The predicted octanol–water partition coefficient (Wildman–Crippen LogP) is 1.72. The fraction of sp³-hybridized carbons (Fsp3) is 0.0588. The molecule has 3 rings (SSSR count). The first-order chi connectivity index (χ1) is 12.9. The highest BCUT2D eigenvalue weighted by Crippen LogP contribution is 2.35. The van der Waals surface area contributed by atoms with Gasteiger partial charge in [0, 0.05) is 30.1 Å². The highest BCUT2D eigenvalue weighted by Gasteiger charge is 2.21. The number of carbonyl (C=O) groups excluding carboxylic acids is 1. The van der Waals surface area contributed by atoms with Crippen LogP contribution in [0.1, 0.15) is 10.4 Å². The van der Waals surface area contributed by atoms with E-state index in [1.807, 2.05) is 0 Å². The number of amides is 1. The fourth-order valence-electron chi connectivity index (χ4n) is 2.59.